The van der Waals surface area contributed by atoms with Gasteiger partial charge in [0.1, 0.15) is 22.9 Å². The second kappa shape index (κ2) is 6.00. The highest BCUT2D eigenvalue weighted by atomic mass is 16.6. The van der Waals surface area contributed by atoms with E-state index in [1.165, 1.54) is 12.1 Å². The van der Waals surface area contributed by atoms with Crippen LogP contribution in [-0.2, 0) is 6.42 Å². The average Bonchev–Trinajstić information content (AvgIpc) is 2.46. The van der Waals surface area contributed by atoms with Crippen molar-refractivity contribution >= 4 is 17.1 Å². The zero-order valence-corrected chi connectivity index (χ0v) is 11.2. The standard InChI is InChI=1S/C14H13N3O4/c1-2-9-3-5-11(13(18)7-9)15-16-12-6-4-10(17(20)21)8-14(12)19/h3-8,18-19H,2H2,1H3. The molecule has 0 spiro atoms. The van der Waals surface area contributed by atoms with Crippen LogP contribution in [0, 0.1) is 10.1 Å². The number of nitro groups is 1. The molecule has 2 aromatic carbocycles. The number of non-ortho nitro benzene ring substituents is 1. The number of rotatable bonds is 4. The predicted molar refractivity (Wildman–Crippen MR) is 76.4 cm³/mol. The third-order valence-electron chi connectivity index (χ3n) is 2.88. The van der Waals surface area contributed by atoms with E-state index in [0.29, 0.717) is 0 Å². The number of aromatic hydroxyl groups is 2. The van der Waals surface area contributed by atoms with Crippen molar-refractivity contribution in [3.05, 3.63) is 52.1 Å². The Bertz CT molecular complexity index is 713. The zero-order chi connectivity index (χ0) is 15.4. The molecule has 0 aliphatic heterocycles. The van der Waals surface area contributed by atoms with E-state index in [-0.39, 0.29) is 28.6 Å². The molecule has 108 valence electrons. The maximum Gasteiger partial charge on any atom is 0.273 e. The Hall–Kier alpha value is -2.96. The summed E-state index contributed by atoms with van der Waals surface area (Å²) in [5, 5.41) is 37.6. The number of nitrogens with zero attached hydrogens (tertiary/aromatic N) is 3. The summed E-state index contributed by atoms with van der Waals surface area (Å²) in [5.74, 6) is -0.364. The van der Waals surface area contributed by atoms with Crippen LogP contribution >= 0.6 is 0 Å². The number of hydrogen-bond acceptors (Lipinski definition) is 6. The Balaban J connectivity index is 2.27. The third-order valence-corrected chi connectivity index (χ3v) is 2.88. The summed E-state index contributed by atoms with van der Waals surface area (Å²) in [5.41, 5.74) is 1.07. The normalized spacial score (nSPS) is 10.9. The van der Waals surface area contributed by atoms with Gasteiger partial charge < -0.3 is 10.2 Å². The lowest BCUT2D eigenvalue weighted by Crippen LogP contribution is -1.86. The van der Waals surface area contributed by atoms with Crippen LogP contribution in [0.2, 0.25) is 0 Å². The van der Waals surface area contributed by atoms with Crippen LogP contribution in [0.5, 0.6) is 11.5 Å². The molecule has 2 rings (SSSR count). The number of phenolic OH excluding ortho intramolecular Hbond substituents is 2. The van der Waals surface area contributed by atoms with Gasteiger partial charge in [0.2, 0.25) is 0 Å². The fourth-order valence-electron chi connectivity index (χ4n) is 1.69. The Morgan fingerprint density at radius 3 is 2.10 bits per heavy atom. The zero-order valence-electron chi connectivity index (χ0n) is 11.2. The van der Waals surface area contributed by atoms with Gasteiger partial charge in [-0.05, 0) is 30.2 Å². The highest BCUT2D eigenvalue weighted by molar-refractivity contribution is 5.57. The van der Waals surface area contributed by atoms with Crippen LogP contribution in [0.1, 0.15) is 12.5 Å². The van der Waals surface area contributed by atoms with Crippen molar-refractivity contribution in [2.45, 2.75) is 13.3 Å². The lowest BCUT2D eigenvalue weighted by Gasteiger charge is -2.01. The van der Waals surface area contributed by atoms with E-state index in [1.807, 2.05) is 13.0 Å². The molecule has 0 amide bonds. The summed E-state index contributed by atoms with van der Waals surface area (Å²) in [4.78, 5) is 9.94. The van der Waals surface area contributed by atoms with Gasteiger partial charge in [0.15, 0.2) is 0 Å². The van der Waals surface area contributed by atoms with Crippen molar-refractivity contribution in [2.24, 2.45) is 10.2 Å². The molecule has 21 heavy (non-hydrogen) atoms. The van der Waals surface area contributed by atoms with Gasteiger partial charge in [0.25, 0.3) is 5.69 Å². The lowest BCUT2D eigenvalue weighted by atomic mass is 10.1. The number of phenols is 2. The second-order valence-corrected chi connectivity index (χ2v) is 4.31. The molecule has 0 heterocycles. The van der Waals surface area contributed by atoms with E-state index in [1.54, 1.807) is 12.1 Å². The average molecular weight is 287 g/mol. The summed E-state index contributed by atoms with van der Waals surface area (Å²) in [6.07, 6.45) is 0.786. The minimum atomic E-state index is -0.615. The number of aryl methyl sites for hydroxylation is 1. The van der Waals surface area contributed by atoms with Gasteiger partial charge in [-0.1, -0.05) is 13.0 Å². The molecule has 0 saturated heterocycles. The van der Waals surface area contributed by atoms with Gasteiger partial charge >= 0.3 is 0 Å². The molecular formula is C14H13N3O4. The van der Waals surface area contributed by atoms with Gasteiger partial charge in [0.05, 0.1) is 11.0 Å². The fraction of sp³-hybridized carbons (Fsp3) is 0.143. The molecule has 0 aliphatic carbocycles. The molecule has 0 unspecified atom stereocenters. The summed E-state index contributed by atoms with van der Waals surface area (Å²) in [7, 11) is 0. The third kappa shape index (κ3) is 3.33. The van der Waals surface area contributed by atoms with E-state index in [9.17, 15) is 20.3 Å². The van der Waals surface area contributed by atoms with Crippen molar-refractivity contribution in [3.8, 4) is 11.5 Å². The van der Waals surface area contributed by atoms with Gasteiger partial charge in [-0.2, -0.15) is 0 Å². The van der Waals surface area contributed by atoms with Gasteiger partial charge in [0, 0.05) is 6.07 Å². The molecule has 0 saturated carbocycles. The molecule has 7 nitrogen and oxygen atoms in total. The van der Waals surface area contributed by atoms with Crippen LogP contribution in [0.3, 0.4) is 0 Å². The van der Waals surface area contributed by atoms with Crippen LogP contribution in [0.25, 0.3) is 0 Å². The van der Waals surface area contributed by atoms with E-state index in [4.69, 9.17) is 0 Å². The summed E-state index contributed by atoms with van der Waals surface area (Å²) in [6.45, 7) is 1.96. The highest BCUT2D eigenvalue weighted by Gasteiger charge is 2.09. The minimum absolute atomic E-state index is 0.0144. The first kappa shape index (κ1) is 14.4. The second-order valence-electron chi connectivity index (χ2n) is 4.31. The van der Waals surface area contributed by atoms with Crippen LogP contribution in [0.15, 0.2) is 46.6 Å². The first-order chi connectivity index (χ1) is 10.0. The monoisotopic (exact) mass is 287 g/mol. The van der Waals surface area contributed by atoms with Gasteiger partial charge in [-0.15, -0.1) is 10.2 Å². The topological polar surface area (TPSA) is 108 Å². The first-order valence-electron chi connectivity index (χ1n) is 6.22. The van der Waals surface area contributed by atoms with Crippen molar-refractivity contribution in [1.29, 1.82) is 0 Å². The maximum absolute atomic E-state index is 10.6. The highest BCUT2D eigenvalue weighted by Crippen LogP contribution is 2.33. The Morgan fingerprint density at radius 2 is 1.62 bits per heavy atom. The van der Waals surface area contributed by atoms with E-state index >= 15 is 0 Å². The molecule has 0 radical (unpaired) electrons. The molecular weight excluding hydrogens is 274 g/mol. The number of benzene rings is 2. The number of nitro benzene ring substituents is 1. The first-order valence-corrected chi connectivity index (χ1v) is 6.22. The lowest BCUT2D eigenvalue weighted by molar-refractivity contribution is -0.384. The molecule has 2 N–H and O–H groups in total. The van der Waals surface area contributed by atoms with E-state index < -0.39 is 4.92 Å². The van der Waals surface area contributed by atoms with Crippen molar-refractivity contribution in [2.75, 3.05) is 0 Å². The molecule has 7 heteroatoms. The summed E-state index contributed by atoms with van der Waals surface area (Å²) >= 11 is 0. The van der Waals surface area contributed by atoms with Crippen LogP contribution in [-0.4, -0.2) is 15.1 Å². The predicted octanol–water partition coefficient (Wildman–Crippen LogP) is 3.98. The van der Waals surface area contributed by atoms with Crippen molar-refractivity contribution < 1.29 is 15.1 Å². The molecule has 0 bridgehead atoms. The minimum Gasteiger partial charge on any atom is -0.506 e. The van der Waals surface area contributed by atoms with E-state index in [2.05, 4.69) is 10.2 Å². The van der Waals surface area contributed by atoms with E-state index in [0.717, 1.165) is 18.1 Å². The Labute approximate surface area is 120 Å². The maximum atomic E-state index is 10.6. The van der Waals surface area contributed by atoms with Crippen molar-refractivity contribution in [3.63, 3.8) is 0 Å². The van der Waals surface area contributed by atoms with Crippen LogP contribution < -0.4 is 0 Å². The Kier molecular flexibility index (Phi) is 4.13. The molecule has 0 fully saturated rings. The molecule has 2 aromatic rings. The number of hydrogen-bond donors (Lipinski definition) is 2. The molecule has 0 atom stereocenters. The largest absolute Gasteiger partial charge is 0.506 e. The van der Waals surface area contributed by atoms with Gasteiger partial charge in [-0.3, -0.25) is 10.1 Å². The SMILES string of the molecule is CCc1ccc(N=Nc2ccc([N+](=O)[O-])cc2O)c(O)c1. The molecule has 0 aliphatic rings. The molecule has 0 aromatic heterocycles. The fourth-order valence-corrected chi connectivity index (χ4v) is 1.69. The summed E-state index contributed by atoms with van der Waals surface area (Å²) < 4.78 is 0. The van der Waals surface area contributed by atoms with Crippen molar-refractivity contribution in [1.82, 2.24) is 0 Å². The van der Waals surface area contributed by atoms with Crippen LogP contribution in [0.4, 0.5) is 17.1 Å². The quantitative estimate of drug-likeness (QED) is 0.503. The smallest absolute Gasteiger partial charge is 0.273 e. The summed E-state index contributed by atoms with van der Waals surface area (Å²) in [6, 6.07) is 8.50. The number of azo groups is 1. The van der Waals surface area contributed by atoms with Gasteiger partial charge in [-0.25, -0.2) is 0 Å². The Morgan fingerprint density at radius 1 is 1.05 bits per heavy atom.